The zero-order chi connectivity index (χ0) is 15.7. The fourth-order valence-electron chi connectivity index (χ4n) is 1.89. The highest BCUT2D eigenvalue weighted by atomic mass is 19.1. The summed E-state index contributed by atoms with van der Waals surface area (Å²) in [4.78, 5) is 23.4. The second-order valence-corrected chi connectivity index (χ2v) is 4.58. The molecule has 0 radical (unpaired) electrons. The molecule has 21 heavy (non-hydrogen) atoms. The molecule has 0 aliphatic heterocycles. The molecule has 1 unspecified atom stereocenters. The topological polar surface area (TPSA) is 81.4 Å². The molecular weight excluding hydrogens is 275 g/mol. The molecule has 6 heteroatoms. The van der Waals surface area contributed by atoms with Gasteiger partial charge in [-0.1, -0.05) is 12.1 Å². The lowest BCUT2D eigenvalue weighted by Gasteiger charge is -2.18. The van der Waals surface area contributed by atoms with E-state index in [2.05, 4.69) is 5.32 Å². The Balaban J connectivity index is 2.79. The van der Waals surface area contributed by atoms with Gasteiger partial charge in [0.1, 0.15) is 5.82 Å². The molecule has 1 atom stereocenters. The van der Waals surface area contributed by atoms with Crippen LogP contribution in [0.1, 0.15) is 37.8 Å². The number of carbonyl (C=O) groups is 2. The van der Waals surface area contributed by atoms with E-state index in [1.807, 2.05) is 0 Å². The van der Waals surface area contributed by atoms with Gasteiger partial charge in [-0.2, -0.15) is 0 Å². The number of rotatable bonds is 8. The smallest absolute Gasteiger partial charge is 0.308 e. The lowest BCUT2D eigenvalue weighted by atomic mass is 10.0. The van der Waals surface area contributed by atoms with Crippen molar-refractivity contribution in [1.82, 2.24) is 5.32 Å². The van der Waals surface area contributed by atoms with Gasteiger partial charge in [0.15, 0.2) is 0 Å². The number of nitrogens with one attached hydrogen (secondary N) is 1. The molecule has 0 heterocycles. The molecule has 0 bridgehead atoms. The van der Waals surface area contributed by atoms with Gasteiger partial charge in [0.2, 0.25) is 5.91 Å². The maximum atomic E-state index is 13.3. The van der Waals surface area contributed by atoms with Gasteiger partial charge < -0.3 is 15.8 Å². The van der Waals surface area contributed by atoms with Crippen molar-refractivity contribution in [3.63, 3.8) is 0 Å². The Morgan fingerprint density at radius 3 is 2.81 bits per heavy atom. The molecule has 0 fully saturated rings. The minimum Gasteiger partial charge on any atom is -0.466 e. The summed E-state index contributed by atoms with van der Waals surface area (Å²) in [7, 11) is 0. The van der Waals surface area contributed by atoms with E-state index in [1.165, 1.54) is 18.2 Å². The molecule has 116 valence electrons. The predicted octanol–water partition coefficient (Wildman–Crippen LogP) is 1.68. The van der Waals surface area contributed by atoms with Crippen molar-refractivity contribution in [3.8, 4) is 0 Å². The van der Waals surface area contributed by atoms with E-state index in [-0.39, 0.29) is 25.4 Å². The van der Waals surface area contributed by atoms with E-state index in [0.717, 1.165) is 0 Å². The number of halogens is 1. The summed E-state index contributed by atoms with van der Waals surface area (Å²) in [6, 6.07) is 5.20. The van der Waals surface area contributed by atoms with Gasteiger partial charge in [-0.05, 0) is 37.6 Å². The molecule has 1 aromatic rings. The van der Waals surface area contributed by atoms with Crippen LogP contribution >= 0.6 is 0 Å². The van der Waals surface area contributed by atoms with Crippen LogP contribution in [0.5, 0.6) is 0 Å². The highest BCUT2D eigenvalue weighted by Gasteiger charge is 2.19. The number of nitrogens with two attached hydrogens (primary N) is 1. The first-order valence-corrected chi connectivity index (χ1v) is 6.97. The molecule has 1 rings (SSSR count). The Morgan fingerprint density at radius 1 is 1.43 bits per heavy atom. The van der Waals surface area contributed by atoms with Crippen LogP contribution in [0.25, 0.3) is 0 Å². The maximum absolute atomic E-state index is 13.3. The van der Waals surface area contributed by atoms with E-state index in [4.69, 9.17) is 10.5 Å². The Bertz CT molecular complexity index is 480. The van der Waals surface area contributed by atoms with Crippen LogP contribution in [0.15, 0.2) is 24.3 Å². The average Bonchev–Trinajstić information content (AvgIpc) is 2.44. The van der Waals surface area contributed by atoms with Crippen LogP contribution in [0, 0.1) is 5.82 Å². The second-order valence-electron chi connectivity index (χ2n) is 4.58. The Labute approximate surface area is 123 Å². The van der Waals surface area contributed by atoms with Gasteiger partial charge in [0, 0.05) is 6.42 Å². The second kappa shape index (κ2) is 9.07. The third-order valence-electron chi connectivity index (χ3n) is 2.87. The normalized spacial score (nSPS) is 11.8. The predicted molar refractivity (Wildman–Crippen MR) is 76.8 cm³/mol. The summed E-state index contributed by atoms with van der Waals surface area (Å²) in [5.74, 6) is -1.08. The lowest BCUT2D eigenvalue weighted by Crippen LogP contribution is -2.31. The van der Waals surface area contributed by atoms with E-state index < -0.39 is 17.8 Å². The van der Waals surface area contributed by atoms with Crippen LogP contribution in [-0.4, -0.2) is 25.0 Å². The maximum Gasteiger partial charge on any atom is 0.308 e. The lowest BCUT2D eigenvalue weighted by molar-refractivity contribution is -0.143. The molecule has 0 spiro atoms. The quantitative estimate of drug-likeness (QED) is 0.715. The SMILES string of the molecule is CCOC(=O)CC(NC(=O)CCCN)c1cccc(F)c1. The number of hydrogen-bond acceptors (Lipinski definition) is 4. The molecule has 0 aliphatic carbocycles. The third-order valence-corrected chi connectivity index (χ3v) is 2.87. The van der Waals surface area contributed by atoms with Crippen LogP contribution < -0.4 is 11.1 Å². The molecular formula is C15H21FN2O3. The number of ether oxygens (including phenoxy) is 1. The minimum absolute atomic E-state index is 0.0361. The van der Waals surface area contributed by atoms with Crippen molar-refractivity contribution in [3.05, 3.63) is 35.6 Å². The Hall–Kier alpha value is -1.95. The van der Waals surface area contributed by atoms with Gasteiger partial charge >= 0.3 is 5.97 Å². The molecule has 1 amide bonds. The van der Waals surface area contributed by atoms with Crippen molar-refractivity contribution in [2.24, 2.45) is 5.73 Å². The Kier molecular flexibility index (Phi) is 7.39. The van der Waals surface area contributed by atoms with Gasteiger partial charge in [0.05, 0.1) is 19.1 Å². The number of esters is 1. The third kappa shape index (κ3) is 6.35. The molecule has 3 N–H and O–H groups in total. The summed E-state index contributed by atoms with van der Waals surface area (Å²) in [5, 5.41) is 2.72. The highest BCUT2D eigenvalue weighted by Crippen LogP contribution is 2.19. The van der Waals surface area contributed by atoms with Gasteiger partial charge in [-0.15, -0.1) is 0 Å². The summed E-state index contributed by atoms with van der Waals surface area (Å²) < 4.78 is 18.2. The Morgan fingerprint density at radius 2 is 2.19 bits per heavy atom. The zero-order valence-electron chi connectivity index (χ0n) is 12.1. The van der Waals surface area contributed by atoms with Crippen molar-refractivity contribution in [2.45, 2.75) is 32.2 Å². The van der Waals surface area contributed by atoms with E-state index in [9.17, 15) is 14.0 Å². The summed E-state index contributed by atoms with van der Waals surface area (Å²) >= 11 is 0. The number of benzene rings is 1. The molecule has 1 aromatic carbocycles. The summed E-state index contributed by atoms with van der Waals surface area (Å²) in [6.45, 7) is 2.38. The highest BCUT2D eigenvalue weighted by molar-refractivity contribution is 5.78. The van der Waals surface area contributed by atoms with E-state index in [1.54, 1.807) is 13.0 Å². The minimum atomic E-state index is -0.606. The van der Waals surface area contributed by atoms with Gasteiger partial charge in [-0.25, -0.2) is 4.39 Å². The summed E-state index contributed by atoms with van der Waals surface area (Å²) in [5.41, 5.74) is 5.89. The fourth-order valence-corrected chi connectivity index (χ4v) is 1.89. The standard InChI is InChI=1S/C15H21FN2O3/c1-2-21-15(20)10-13(18-14(19)7-4-8-17)11-5-3-6-12(16)9-11/h3,5-6,9,13H,2,4,7-8,10,17H2,1H3,(H,18,19). The monoisotopic (exact) mass is 296 g/mol. The zero-order valence-corrected chi connectivity index (χ0v) is 12.1. The van der Waals surface area contributed by atoms with Crippen molar-refractivity contribution in [2.75, 3.05) is 13.2 Å². The molecule has 0 aliphatic rings. The molecule has 5 nitrogen and oxygen atoms in total. The first-order valence-electron chi connectivity index (χ1n) is 6.97. The number of hydrogen-bond donors (Lipinski definition) is 2. The number of carbonyl (C=O) groups excluding carboxylic acids is 2. The van der Waals surface area contributed by atoms with Crippen LogP contribution in [-0.2, 0) is 14.3 Å². The first kappa shape index (κ1) is 17.1. The summed E-state index contributed by atoms with van der Waals surface area (Å²) in [6.07, 6.45) is 0.790. The average molecular weight is 296 g/mol. The van der Waals surface area contributed by atoms with Crippen LogP contribution in [0.3, 0.4) is 0 Å². The van der Waals surface area contributed by atoms with Crippen LogP contribution in [0.4, 0.5) is 4.39 Å². The number of amides is 1. The molecule has 0 saturated heterocycles. The van der Waals surface area contributed by atoms with Crippen molar-refractivity contribution in [1.29, 1.82) is 0 Å². The van der Waals surface area contributed by atoms with Gasteiger partial charge in [0.25, 0.3) is 0 Å². The largest absolute Gasteiger partial charge is 0.466 e. The van der Waals surface area contributed by atoms with Gasteiger partial charge in [-0.3, -0.25) is 9.59 Å². The van der Waals surface area contributed by atoms with Crippen molar-refractivity contribution >= 4 is 11.9 Å². The van der Waals surface area contributed by atoms with Crippen LogP contribution in [0.2, 0.25) is 0 Å². The van der Waals surface area contributed by atoms with E-state index >= 15 is 0 Å². The fraction of sp³-hybridized carbons (Fsp3) is 0.467. The molecule has 0 aromatic heterocycles. The first-order chi connectivity index (χ1) is 10.1. The molecule has 0 saturated carbocycles. The van der Waals surface area contributed by atoms with Crippen molar-refractivity contribution < 1.29 is 18.7 Å². The van der Waals surface area contributed by atoms with E-state index in [0.29, 0.717) is 18.5 Å².